The number of aromatic nitrogens is 1. The van der Waals surface area contributed by atoms with Gasteiger partial charge in [-0.1, -0.05) is 59.9 Å². The Morgan fingerprint density at radius 1 is 1.09 bits per heavy atom. The maximum Gasteiger partial charge on any atom is 0.338 e. The van der Waals surface area contributed by atoms with Crippen LogP contribution in [0.25, 0.3) is 6.08 Å². The molecule has 164 valence electrons. The highest BCUT2D eigenvalue weighted by Gasteiger charge is 2.34. The maximum absolute atomic E-state index is 13.6. The molecule has 1 aliphatic heterocycles. The number of fused-ring (bicyclic) bond motifs is 1. The summed E-state index contributed by atoms with van der Waals surface area (Å²) in [6.07, 6.45) is 1.85. The largest absolute Gasteiger partial charge is 0.494 e. The molecule has 0 bridgehead atoms. The predicted octanol–water partition coefficient (Wildman–Crippen LogP) is 3.20. The third kappa shape index (κ3) is 4.03. The zero-order valence-corrected chi connectivity index (χ0v) is 19.0. The minimum absolute atomic E-state index is 0.205. The van der Waals surface area contributed by atoms with Crippen LogP contribution in [0.1, 0.15) is 37.9 Å². The quantitative estimate of drug-likeness (QED) is 0.543. The summed E-state index contributed by atoms with van der Waals surface area (Å²) in [7, 11) is 0. The van der Waals surface area contributed by atoms with Crippen LogP contribution in [0.5, 0.6) is 5.75 Å². The lowest BCUT2D eigenvalue weighted by Gasteiger charge is -2.26. The van der Waals surface area contributed by atoms with Gasteiger partial charge in [0.1, 0.15) is 11.8 Å². The number of carbonyl (C=O) groups is 1. The summed E-state index contributed by atoms with van der Waals surface area (Å²) < 4.78 is 13.3. The van der Waals surface area contributed by atoms with Gasteiger partial charge in [0.25, 0.3) is 5.56 Å². The van der Waals surface area contributed by atoms with Gasteiger partial charge >= 0.3 is 5.97 Å². The van der Waals surface area contributed by atoms with Gasteiger partial charge in [-0.05, 0) is 38.5 Å². The van der Waals surface area contributed by atoms with Crippen molar-refractivity contribution in [2.45, 2.75) is 26.8 Å². The highest BCUT2D eigenvalue weighted by atomic mass is 32.1. The van der Waals surface area contributed by atoms with E-state index in [1.165, 1.54) is 11.3 Å². The Morgan fingerprint density at radius 2 is 1.81 bits per heavy atom. The Morgan fingerprint density at radius 3 is 2.53 bits per heavy atom. The molecule has 0 saturated heterocycles. The van der Waals surface area contributed by atoms with E-state index in [4.69, 9.17) is 9.47 Å². The molecule has 0 radical (unpaired) electrons. The number of hydrogen-bond donors (Lipinski definition) is 0. The van der Waals surface area contributed by atoms with Gasteiger partial charge in [0.05, 0.1) is 29.0 Å². The fraction of sp³-hybridized carbons (Fsp3) is 0.240. The minimum atomic E-state index is -0.689. The molecule has 0 fully saturated rings. The summed E-state index contributed by atoms with van der Waals surface area (Å²) in [4.78, 5) is 31.7. The lowest BCUT2D eigenvalue weighted by molar-refractivity contribution is -0.139. The molecule has 0 N–H and O–H groups in total. The van der Waals surface area contributed by atoms with E-state index in [9.17, 15) is 9.59 Å². The third-order valence-corrected chi connectivity index (χ3v) is 6.11. The molecule has 0 spiro atoms. The monoisotopic (exact) mass is 448 g/mol. The van der Waals surface area contributed by atoms with Crippen LogP contribution in [0.2, 0.25) is 0 Å². The molecular formula is C25H24N2O4S. The predicted molar refractivity (Wildman–Crippen MR) is 124 cm³/mol. The number of nitrogens with zero attached hydrogens (tertiary/aromatic N) is 2. The molecule has 1 aliphatic rings. The van der Waals surface area contributed by atoms with Crippen molar-refractivity contribution in [3.8, 4) is 5.75 Å². The van der Waals surface area contributed by atoms with Crippen molar-refractivity contribution < 1.29 is 14.3 Å². The first-order chi connectivity index (χ1) is 15.5. The van der Waals surface area contributed by atoms with Crippen LogP contribution in [-0.4, -0.2) is 23.8 Å². The number of allylic oxidation sites excluding steroid dienone is 1. The molecule has 2 heterocycles. The van der Waals surface area contributed by atoms with Gasteiger partial charge in [-0.15, -0.1) is 0 Å². The van der Waals surface area contributed by atoms with Crippen molar-refractivity contribution in [1.29, 1.82) is 0 Å². The van der Waals surface area contributed by atoms with Gasteiger partial charge in [-0.3, -0.25) is 9.36 Å². The average molecular weight is 449 g/mol. The zero-order chi connectivity index (χ0) is 22.7. The summed E-state index contributed by atoms with van der Waals surface area (Å²) in [6.45, 7) is 6.12. The third-order valence-electron chi connectivity index (χ3n) is 5.13. The summed E-state index contributed by atoms with van der Waals surface area (Å²) in [5.41, 5.74) is 2.32. The number of benzene rings is 2. The van der Waals surface area contributed by atoms with Crippen LogP contribution in [-0.2, 0) is 9.53 Å². The number of thiazole rings is 1. The summed E-state index contributed by atoms with van der Waals surface area (Å²) in [5, 5.41) is 0. The van der Waals surface area contributed by atoms with Gasteiger partial charge in [-0.25, -0.2) is 9.79 Å². The van der Waals surface area contributed by atoms with Crippen molar-refractivity contribution >= 4 is 23.4 Å². The molecule has 0 saturated carbocycles. The normalized spacial score (nSPS) is 15.8. The molecule has 4 rings (SSSR count). The second-order valence-corrected chi connectivity index (χ2v) is 8.19. The standard InChI is InChI=1S/C25H24N2O4S/c1-4-30-19-14-10-9-13-18(19)22-21(24(29)31-5-2)16(3)26-25-27(22)23(28)20(32-25)15-17-11-7-6-8-12-17/h6-15,22H,4-5H2,1-3H3/b20-15-/t22-/m0/s1. The molecular weight excluding hydrogens is 424 g/mol. The first kappa shape index (κ1) is 21.8. The van der Waals surface area contributed by atoms with E-state index in [1.807, 2.05) is 67.6 Å². The van der Waals surface area contributed by atoms with E-state index in [1.54, 1.807) is 18.4 Å². The first-order valence-electron chi connectivity index (χ1n) is 10.5. The summed E-state index contributed by atoms with van der Waals surface area (Å²) >= 11 is 1.31. The zero-order valence-electron chi connectivity index (χ0n) is 18.2. The lowest BCUT2D eigenvalue weighted by Crippen LogP contribution is -2.40. The SMILES string of the molecule is CCOC(=O)C1=C(C)N=c2s/c(=C\c3ccccc3)c(=O)n2[C@H]1c1ccccc1OCC. The van der Waals surface area contributed by atoms with Crippen molar-refractivity contribution in [2.75, 3.05) is 13.2 Å². The number of para-hydroxylation sites is 1. The van der Waals surface area contributed by atoms with E-state index < -0.39 is 12.0 Å². The Hall–Kier alpha value is -3.45. The fourth-order valence-corrected chi connectivity index (χ4v) is 4.83. The van der Waals surface area contributed by atoms with Crippen LogP contribution >= 0.6 is 11.3 Å². The number of hydrogen-bond acceptors (Lipinski definition) is 6. The number of carbonyl (C=O) groups excluding carboxylic acids is 1. The summed E-state index contributed by atoms with van der Waals surface area (Å²) in [5.74, 6) is 0.136. The topological polar surface area (TPSA) is 69.9 Å². The molecule has 0 unspecified atom stereocenters. The highest BCUT2D eigenvalue weighted by molar-refractivity contribution is 7.07. The van der Waals surface area contributed by atoms with Gasteiger partial charge in [-0.2, -0.15) is 0 Å². The minimum Gasteiger partial charge on any atom is -0.494 e. The molecule has 0 amide bonds. The van der Waals surface area contributed by atoms with E-state index in [2.05, 4.69) is 4.99 Å². The molecule has 3 aromatic rings. The van der Waals surface area contributed by atoms with E-state index in [-0.39, 0.29) is 12.2 Å². The molecule has 0 aliphatic carbocycles. The van der Waals surface area contributed by atoms with Crippen molar-refractivity contribution in [3.05, 3.63) is 96.7 Å². The molecule has 32 heavy (non-hydrogen) atoms. The molecule has 1 aromatic heterocycles. The maximum atomic E-state index is 13.6. The Balaban J connectivity index is 1.99. The number of ether oxygens (including phenoxy) is 2. The molecule has 1 atom stereocenters. The van der Waals surface area contributed by atoms with Crippen molar-refractivity contribution in [1.82, 2.24) is 4.57 Å². The molecule has 2 aromatic carbocycles. The van der Waals surface area contributed by atoms with Crippen molar-refractivity contribution in [2.24, 2.45) is 4.99 Å². The average Bonchev–Trinajstić information content (AvgIpc) is 3.09. The Bertz CT molecular complexity index is 1350. The fourth-order valence-electron chi connectivity index (χ4n) is 3.78. The lowest BCUT2D eigenvalue weighted by atomic mass is 9.95. The van der Waals surface area contributed by atoms with E-state index >= 15 is 0 Å². The van der Waals surface area contributed by atoms with E-state index in [0.717, 1.165) is 11.1 Å². The van der Waals surface area contributed by atoms with Crippen molar-refractivity contribution in [3.63, 3.8) is 0 Å². The summed E-state index contributed by atoms with van der Waals surface area (Å²) in [6, 6.07) is 16.4. The molecule has 6 nitrogen and oxygen atoms in total. The van der Waals surface area contributed by atoms with Gasteiger partial charge < -0.3 is 9.47 Å². The molecule has 7 heteroatoms. The first-order valence-corrected chi connectivity index (χ1v) is 11.3. The van der Waals surface area contributed by atoms with Gasteiger partial charge in [0, 0.05) is 5.56 Å². The van der Waals surface area contributed by atoms with E-state index in [0.29, 0.717) is 33.0 Å². The second-order valence-electron chi connectivity index (χ2n) is 7.18. The highest BCUT2D eigenvalue weighted by Crippen LogP contribution is 2.35. The Kier molecular flexibility index (Phi) is 6.37. The van der Waals surface area contributed by atoms with Crippen LogP contribution in [0.3, 0.4) is 0 Å². The number of rotatable bonds is 6. The smallest absolute Gasteiger partial charge is 0.338 e. The Labute approximate surface area is 189 Å². The van der Waals surface area contributed by atoms with Crippen LogP contribution in [0, 0.1) is 0 Å². The van der Waals surface area contributed by atoms with Gasteiger partial charge in [0.2, 0.25) is 0 Å². The van der Waals surface area contributed by atoms with Crippen LogP contribution in [0.15, 0.2) is 75.7 Å². The van der Waals surface area contributed by atoms with Crippen LogP contribution in [0.4, 0.5) is 0 Å². The van der Waals surface area contributed by atoms with Gasteiger partial charge in [0.15, 0.2) is 4.80 Å². The second kappa shape index (κ2) is 9.36. The van der Waals surface area contributed by atoms with Crippen LogP contribution < -0.4 is 19.6 Å². The number of esters is 1.